The van der Waals surface area contributed by atoms with Crippen LogP contribution in [0.3, 0.4) is 0 Å². The first kappa shape index (κ1) is 19.0. The van der Waals surface area contributed by atoms with Crippen LogP contribution in [0.1, 0.15) is 40.5 Å². The van der Waals surface area contributed by atoms with Gasteiger partial charge in [-0.15, -0.1) is 0 Å². The molecule has 2 amide bonds. The fourth-order valence-electron chi connectivity index (χ4n) is 3.11. The molecule has 2 aliphatic rings. The van der Waals surface area contributed by atoms with Crippen LogP contribution in [0.5, 0.6) is 0 Å². The fourth-order valence-corrected chi connectivity index (χ4v) is 3.11. The van der Waals surface area contributed by atoms with Crippen molar-refractivity contribution >= 4 is 12.0 Å². The van der Waals surface area contributed by atoms with E-state index in [1.54, 1.807) is 4.90 Å². The minimum absolute atomic E-state index is 0.00636. The van der Waals surface area contributed by atoms with E-state index in [-0.39, 0.29) is 18.0 Å². The molecule has 1 saturated heterocycles. The Balaban J connectivity index is 1.90. The van der Waals surface area contributed by atoms with Crippen LogP contribution in [0.15, 0.2) is 0 Å². The SMILES string of the molecule is CCN(C(=O)CN1CCN(C(=O)OC(C)(C)C)CC1CN)C1CC1. The maximum absolute atomic E-state index is 12.5. The molecule has 1 aliphatic carbocycles. The Bertz CT molecular complexity index is 459. The molecule has 1 heterocycles. The summed E-state index contributed by atoms with van der Waals surface area (Å²) in [6.45, 7) is 10.9. The first-order chi connectivity index (χ1) is 11.2. The van der Waals surface area contributed by atoms with Crippen LogP contribution in [-0.2, 0) is 9.53 Å². The van der Waals surface area contributed by atoms with Gasteiger partial charge in [0.1, 0.15) is 5.60 Å². The van der Waals surface area contributed by atoms with Crippen molar-refractivity contribution < 1.29 is 14.3 Å². The predicted octanol–water partition coefficient (Wildman–Crippen LogP) is 0.877. The van der Waals surface area contributed by atoms with E-state index >= 15 is 0 Å². The smallest absolute Gasteiger partial charge is 0.410 e. The number of carbonyl (C=O) groups is 2. The average Bonchev–Trinajstić information content (AvgIpc) is 3.31. The largest absolute Gasteiger partial charge is 0.444 e. The monoisotopic (exact) mass is 340 g/mol. The topological polar surface area (TPSA) is 79.1 Å². The number of amides is 2. The van der Waals surface area contributed by atoms with E-state index in [4.69, 9.17) is 10.5 Å². The normalized spacial score (nSPS) is 22.4. The predicted molar refractivity (Wildman–Crippen MR) is 92.6 cm³/mol. The first-order valence-corrected chi connectivity index (χ1v) is 8.96. The number of nitrogens with zero attached hydrogens (tertiary/aromatic N) is 3. The van der Waals surface area contributed by atoms with Gasteiger partial charge >= 0.3 is 6.09 Å². The molecule has 1 atom stereocenters. The average molecular weight is 340 g/mol. The second-order valence-electron chi connectivity index (χ2n) is 7.70. The van der Waals surface area contributed by atoms with E-state index < -0.39 is 5.60 Å². The Labute approximate surface area is 145 Å². The van der Waals surface area contributed by atoms with Crippen LogP contribution in [0.2, 0.25) is 0 Å². The second-order valence-corrected chi connectivity index (χ2v) is 7.70. The molecule has 0 aromatic carbocycles. The van der Waals surface area contributed by atoms with Gasteiger partial charge in [0.25, 0.3) is 0 Å². The fraction of sp³-hybridized carbons (Fsp3) is 0.882. The van der Waals surface area contributed by atoms with Crippen molar-refractivity contribution in [1.82, 2.24) is 14.7 Å². The molecule has 1 saturated carbocycles. The quantitative estimate of drug-likeness (QED) is 0.804. The summed E-state index contributed by atoms with van der Waals surface area (Å²) in [6.07, 6.45) is 1.93. The van der Waals surface area contributed by atoms with Gasteiger partial charge in [-0.2, -0.15) is 0 Å². The molecule has 1 aliphatic heterocycles. The van der Waals surface area contributed by atoms with Crippen LogP contribution in [0, 0.1) is 0 Å². The number of hydrogen-bond acceptors (Lipinski definition) is 5. The van der Waals surface area contributed by atoms with Crippen LogP contribution >= 0.6 is 0 Å². The van der Waals surface area contributed by atoms with Crippen LogP contribution in [-0.4, -0.2) is 83.7 Å². The van der Waals surface area contributed by atoms with Crippen molar-refractivity contribution in [3.63, 3.8) is 0 Å². The molecule has 2 fully saturated rings. The molecular weight excluding hydrogens is 308 g/mol. The summed E-state index contributed by atoms with van der Waals surface area (Å²) in [4.78, 5) is 30.5. The maximum Gasteiger partial charge on any atom is 0.410 e. The minimum Gasteiger partial charge on any atom is -0.444 e. The van der Waals surface area contributed by atoms with Crippen molar-refractivity contribution in [2.24, 2.45) is 5.73 Å². The zero-order chi connectivity index (χ0) is 17.9. The lowest BCUT2D eigenvalue weighted by Crippen LogP contribution is -2.59. The number of hydrogen-bond donors (Lipinski definition) is 1. The summed E-state index contributed by atoms with van der Waals surface area (Å²) in [6, 6.07) is 0.426. The van der Waals surface area contributed by atoms with Gasteiger partial charge in [-0.3, -0.25) is 9.69 Å². The number of nitrogens with two attached hydrogens (primary N) is 1. The highest BCUT2D eigenvalue weighted by atomic mass is 16.6. The van der Waals surface area contributed by atoms with Crippen molar-refractivity contribution in [1.29, 1.82) is 0 Å². The van der Waals surface area contributed by atoms with Gasteiger partial charge in [0.2, 0.25) is 5.91 Å². The molecule has 7 heteroatoms. The number of carbonyl (C=O) groups excluding carboxylic acids is 2. The Morgan fingerprint density at radius 3 is 2.42 bits per heavy atom. The second kappa shape index (κ2) is 7.70. The van der Waals surface area contributed by atoms with E-state index in [0.717, 1.165) is 19.4 Å². The zero-order valence-electron chi connectivity index (χ0n) is 15.5. The lowest BCUT2D eigenvalue weighted by atomic mass is 10.1. The van der Waals surface area contributed by atoms with Crippen LogP contribution in [0.25, 0.3) is 0 Å². The zero-order valence-corrected chi connectivity index (χ0v) is 15.5. The Hall–Kier alpha value is -1.34. The number of rotatable bonds is 5. The van der Waals surface area contributed by atoms with Crippen molar-refractivity contribution in [3.8, 4) is 0 Å². The summed E-state index contributed by atoms with van der Waals surface area (Å²) in [7, 11) is 0. The van der Waals surface area contributed by atoms with Crippen molar-refractivity contribution in [2.45, 2.75) is 58.2 Å². The summed E-state index contributed by atoms with van der Waals surface area (Å²) in [5.41, 5.74) is 5.39. The molecule has 0 aromatic rings. The highest BCUT2D eigenvalue weighted by molar-refractivity contribution is 5.79. The molecule has 2 rings (SSSR count). The minimum atomic E-state index is -0.506. The molecule has 2 N–H and O–H groups in total. The summed E-state index contributed by atoms with van der Waals surface area (Å²) < 4.78 is 5.43. The van der Waals surface area contributed by atoms with Gasteiger partial charge in [0, 0.05) is 44.8 Å². The third-order valence-corrected chi connectivity index (χ3v) is 4.52. The van der Waals surface area contributed by atoms with Crippen LogP contribution < -0.4 is 5.73 Å². The van der Waals surface area contributed by atoms with Gasteiger partial charge < -0.3 is 20.3 Å². The third-order valence-electron chi connectivity index (χ3n) is 4.52. The summed E-state index contributed by atoms with van der Waals surface area (Å²) in [5, 5.41) is 0. The number of likely N-dealkylation sites (N-methyl/N-ethyl adjacent to an activating group) is 1. The Morgan fingerprint density at radius 1 is 1.25 bits per heavy atom. The molecule has 0 spiro atoms. The van der Waals surface area contributed by atoms with E-state index in [1.807, 2.05) is 32.6 Å². The maximum atomic E-state index is 12.5. The van der Waals surface area contributed by atoms with Crippen molar-refractivity contribution in [3.05, 3.63) is 0 Å². The lowest BCUT2D eigenvalue weighted by Gasteiger charge is -2.41. The molecule has 24 heavy (non-hydrogen) atoms. The van der Waals surface area contributed by atoms with E-state index in [9.17, 15) is 9.59 Å². The van der Waals surface area contributed by atoms with Gasteiger partial charge in [-0.05, 0) is 40.5 Å². The standard InChI is InChI=1S/C17H32N4O3/c1-5-21(13-6-7-13)15(22)12-19-8-9-20(11-14(19)10-18)16(23)24-17(2,3)4/h13-14H,5-12,18H2,1-4H3. The molecule has 1 unspecified atom stereocenters. The first-order valence-electron chi connectivity index (χ1n) is 8.96. The van der Waals surface area contributed by atoms with E-state index in [2.05, 4.69) is 4.90 Å². The van der Waals surface area contributed by atoms with E-state index in [1.165, 1.54) is 0 Å². The van der Waals surface area contributed by atoms with Gasteiger partial charge in [-0.1, -0.05) is 0 Å². The number of piperazine rings is 1. The Morgan fingerprint density at radius 2 is 1.92 bits per heavy atom. The molecule has 0 radical (unpaired) electrons. The van der Waals surface area contributed by atoms with Gasteiger partial charge in [0.15, 0.2) is 0 Å². The van der Waals surface area contributed by atoms with Crippen molar-refractivity contribution in [2.75, 3.05) is 39.3 Å². The van der Waals surface area contributed by atoms with E-state index in [0.29, 0.717) is 38.8 Å². The highest BCUT2D eigenvalue weighted by Gasteiger charge is 2.35. The molecular formula is C17H32N4O3. The molecule has 7 nitrogen and oxygen atoms in total. The highest BCUT2D eigenvalue weighted by Crippen LogP contribution is 2.27. The molecule has 138 valence electrons. The molecule has 0 bridgehead atoms. The summed E-state index contributed by atoms with van der Waals surface area (Å²) in [5.74, 6) is 0.171. The third kappa shape index (κ3) is 5.08. The summed E-state index contributed by atoms with van der Waals surface area (Å²) >= 11 is 0. The van der Waals surface area contributed by atoms with Crippen LogP contribution in [0.4, 0.5) is 4.79 Å². The Kier molecular flexibility index (Phi) is 6.09. The molecule has 0 aromatic heterocycles. The van der Waals surface area contributed by atoms with Gasteiger partial charge in [-0.25, -0.2) is 4.79 Å². The number of ether oxygens (including phenoxy) is 1. The lowest BCUT2D eigenvalue weighted by molar-refractivity contribution is -0.134. The van der Waals surface area contributed by atoms with Gasteiger partial charge in [0.05, 0.1) is 6.54 Å².